The summed E-state index contributed by atoms with van der Waals surface area (Å²) in [6.45, 7) is 1.68. The molecule has 0 saturated heterocycles. The van der Waals surface area contributed by atoms with E-state index in [2.05, 4.69) is 11.4 Å². The summed E-state index contributed by atoms with van der Waals surface area (Å²) in [4.78, 5) is 0. The van der Waals surface area contributed by atoms with Crippen LogP contribution in [-0.4, -0.2) is 24.3 Å². The van der Waals surface area contributed by atoms with E-state index in [9.17, 15) is 5.11 Å². The number of rotatable bonds is 3. The van der Waals surface area contributed by atoms with Gasteiger partial charge in [0, 0.05) is 13.1 Å². The van der Waals surface area contributed by atoms with Crippen LogP contribution >= 0.6 is 0 Å². The molecule has 2 heteroatoms. The highest BCUT2D eigenvalue weighted by atomic mass is 16.3. The van der Waals surface area contributed by atoms with Crippen molar-refractivity contribution < 1.29 is 5.11 Å². The lowest BCUT2D eigenvalue weighted by atomic mass is 9.93. The maximum Gasteiger partial charge on any atom is 0.0848 e. The van der Waals surface area contributed by atoms with Crippen LogP contribution in [0.25, 0.3) is 0 Å². The van der Waals surface area contributed by atoms with Gasteiger partial charge in [-0.3, -0.25) is 0 Å². The first-order valence-electron chi connectivity index (χ1n) is 6.11. The van der Waals surface area contributed by atoms with Crippen LogP contribution < -0.4 is 5.32 Å². The second kappa shape index (κ2) is 5.47. The van der Waals surface area contributed by atoms with Gasteiger partial charge in [0.1, 0.15) is 0 Å². The molecule has 1 aliphatic heterocycles. The molecule has 0 saturated carbocycles. The van der Waals surface area contributed by atoms with Crippen molar-refractivity contribution in [3.63, 3.8) is 0 Å². The first-order chi connectivity index (χ1) is 7.34. The third kappa shape index (κ3) is 3.47. The van der Waals surface area contributed by atoms with E-state index in [1.165, 1.54) is 37.7 Å². The van der Waals surface area contributed by atoms with E-state index >= 15 is 0 Å². The van der Waals surface area contributed by atoms with Crippen molar-refractivity contribution in [2.24, 2.45) is 0 Å². The fraction of sp³-hybridized carbons (Fsp3) is 0.692. The van der Waals surface area contributed by atoms with Crippen LogP contribution in [0.15, 0.2) is 23.3 Å². The summed E-state index contributed by atoms with van der Waals surface area (Å²) in [5.74, 6) is 0. The van der Waals surface area contributed by atoms with E-state index in [4.69, 9.17) is 0 Å². The number of hydrogen-bond donors (Lipinski definition) is 2. The van der Waals surface area contributed by atoms with Gasteiger partial charge >= 0.3 is 0 Å². The van der Waals surface area contributed by atoms with Crippen molar-refractivity contribution >= 4 is 0 Å². The molecule has 0 fully saturated rings. The fourth-order valence-corrected chi connectivity index (χ4v) is 2.40. The largest absolute Gasteiger partial charge is 0.388 e. The first-order valence-corrected chi connectivity index (χ1v) is 6.11. The van der Waals surface area contributed by atoms with Gasteiger partial charge in [0.2, 0.25) is 0 Å². The molecule has 2 nitrogen and oxygen atoms in total. The SMILES string of the molecule is OC1C=C(CCC2=CCCCC2)CNC1. The van der Waals surface area contributed by atoms with E-state index in [1.54, 1.807) is 5.57 Å². The van der Waals surface area contributed by atoms with E-state index in [0.29, 0.717) is 6.54 Å². The average molecular weight is 207 g/mol. The Bertz CT molecular complexity index is 268. The minimum atomic E-state index is -0.269. The molecule has 15 heavy (non-hydrogen) atoms. The number of β-amino-alcohol motifs (C(OH)–C–C–N with tert-alkyl or cyclic N) is 1. The summed E-state index contributed by atoms with van der Waals surface area (Å²) in [7, 11) is 0. The normalized spacial score (nSPS) is 27.1. The Morgan fingerprint density at radius 1 is 1.27 bits per heavy atom. The van der Waals surface area contributed by atoms with Crippen LogP contribution in [0.4, 0.5) is 0 Å². The fourth-order valence-electron chi connectivity index (χ4n) is 2.40. The molecule has 0 bridgehead atoms. The Balaban J connectivity index is 1.79. The summed E-state index contributed by atoms with van der Waals surface area (Å²) in [5, 5.41) is 12.7. The highest BCUT2D eigenvalue weighted by molar-refractivity contribution is 5.15. The van der Waals surface area contributed by atoms with Crippen molar-refractivity contribution in [2.45, 2.75) is 44.6 Å². The van der Waals surface area contributed by atoms with Gasteiger partial charge in [-0.2, -0.15) is 0 Å². The predicted molar refractivity (Wildman–Crippen MR) is 62.7 cm³/mol. The minimum Gasteiger partial charge on any atom is -0.388 e. The van der Waals surface area contributed by atoms with E-state index in [0.717, 1.165) is 13.0 Å². The Kier molecular flexibility index (Phi) is 3.98. The van der Waals surface area contributed by atoms with Crippen LogP contribution in [0, 0.1) is 0 Å². The third-order valence-electron chi connectivity index (χ3n) is 3.29. The summed E-state index contributed by atoms with van der Waals surface area (Å²) in [6.07, 6.45) is 11.8. The van der Waals surface area contributed by atoms with Crippen LogP contribution in [0.2, 0.25) is 0 Å². The van der Waals surface area contributed by atoms with Crippen molar-refractivity contribution in [3.05, 3.63) is 23.3 Å². The van der Waals surface area contributed by atoms with E-state index in [-0.39, 0.29) is 6.10 Å². The summed E-state index contributed by atoms with van der Waals surface area (Å²) in [6, 6.07) is 0. The topological polar surface area (TPSA) is 32.3 Å². The molecule has 2 aliphatic rings. The van der Waals surface area contributed by atoms with Gasteiger partial charge in [-0.15, -0.1) is 0 Å². The maximum absolute atomic E-state index is 9.46. The lowest BCUT2D eigenvalue weighted by molar-refractivity contribution is 0.212. The zero-order chi connectivity index (χ0) is 10.5. The number of nitrogens with one attached hydrogen (secondary N) is 1. The van der Waals surface area contributed by atoms with E-state index < -0.39 is 0 Å². The quantitative estimate of drug-likeness (QED) is 0.695. The smallest absolute Gasteiger partial charge is 0.0848 e. The van der Waals surface area contributed by atoms with Crippen LogP contribution in [-0.2, 0) is 0 Å². The van der Waals surface area contributed by atoms with Crippen LogP contribution in [0.3, 0.4) is 0 Å². The number of allylic oxidation sites excluding steroid dienone is 2. The minimum absolute atomic E-state index is 0.269. The average Bonchev–Trinajstić information content (AvgIpc) is 2.28. The van der Waals surface area contributed by atoms with Gasteiger partial charge in [0.15, 0.2) is 0 Å². The van der Waals surface area contributed by atoms with Crippen LogP contribution in [0.5, 0.6) is 0 Å². The Hall–Kier alpha value is -0.600. The van der Waals surface area contributed by atoms with E-state index in [1.807, 2.05) is 6.08 Å². The number of aliphatic hydroxyl groups is 1. The molecule has 0 amide bonds. The lowest BCUT2D eigenvalue weighted by Gasteiger charge is -2.19. The van der Waals surface area contributed by atoms with Crippen molar-refractivity contribution in [2.75, 3.05) is 13.1 Å². The van der Waals surface area contributed by atoms with Crippen molar-refractivity contribution in [1.82, 2.24) is 5.32 Å². The first kappa shape index (κ1) is 10.9. The number of aliphatic hydroxyl groups excluding tert-OH is 1. The van der Waals surface area contributed by atoms with Gasteiger partial charge in [-0.1, -0.05) is 23.3 Å². The molecule has 1 heterocycles. The zero-order valence-electron chi connectivity index (χ0n) is 9.34. The van der Waals surface area contributed by atoms with Gasteiger partial charge in [-0.25, -0.2) is 0 Å². The summed E-state index contributed by atoms with van der Waals surface area (Å²) in [5.41, 5.74) is 3.00. The van der Waals surface area contributed by atoms with Gasteiger partial charge < -0.3 is 10.4 Å². The molecule has 2 rings (SSSR count). The molecule has 1 atom stereocenters. The lowest BCUT2D eigenvalue weighted by Crippen LogP contribution is -2.32. The molecule has 0 radical (unpaired) electrons. The summed E-state index contributed by atoms with van der Waals surface area (Å²) >= 11 is 0. The van der Waals surface area contributed by atoms with Gasteiger partial charge in [0.05, 0.1) is 6.10 Å². The molecular weight excluding hydrogens is 186 g/mol. The maximum atomic E-state index is 9.46. The Labute approximate surface area is 92.1 Å². The monoisotopic (exact) mass is 207 g/mol. The molecular formula is C13H21NO. The summed E-state index contributed by atoms with van der Waals surface area (Å²) < 4.78 is 0. The van der Waals surface area contributed by atoms with Crippen molar-refractivity contribution in [3.8, 4) is 0 Å². The highest BCUT2D eigenvalue weighted by Crippen LogP contribution is 2.23. The van der Waals surface area contributed by atoms with Crippen LogP contribution in [0.1, 0.15) is 38.5 Å². The standard InChI is InChI=1S/C13H21NO/c15-13-8-12(9-14-10-13)7-6-11-4-2-1-3-5-11/h4,8,13-15H,1-3,5-7,9-10H2. The molecule has 84 valence electrons. The molecule has 1 unspecified atom stereocenters. The van der Waals surface area contributed by atoms with Crippen molar-refractivity contribution in [1.29, 1.82) is 0 Å². The van der Waals surface area contributed by atoms with Gasteiger partial charge in [0.25, 0.3) is 0 Å². The second-order valence-corrected chi connectivity index (χ2v) is 4.63. The van der Waals surface area contributed by atoms with Gasteiger partial charge in [-0.05, 0) is 38.5 Å². The molecule has 0 aromatic carbocycles. The third-order valence-corrected chi connectivity index (χ3v) is 3.29. The molecule has 2 N–H and O–H groups in total. The number of hydrogen-bond acceptors (Lipinski definition) is 2. The Morgan fingerprint density at radius 2 is 2.13 bits per heavy atom. The second-order valence-electron chi connectivity index (χ2n) is 4.63. The highest BCUT2D eigenvalue weighted by Gasteiger charge is 2.11. The molecule has 1 aliphatic carbocycles. The molecule has 0 aromatic heterocycles. The predicted octanol–water partition coefficient (Wildman–Crippen LogP) is 2.16. The molecule has 0 spiro atoms. The molecule has 0 aromatic rings. The Morgan fingerprint density at radius 3 is 2.87 bits per heavy atom. The zero-order valence-corrected chi connectivity index (χ0v) is 9.34.